The Balaban J connectivity index is 2.96. The van der Waals surface area contributed by atoms with Gasteiger partial charge in [-0.1, -0.05) is 15.9 Å². The second-order valence-electron chi connectivity index (χ2n) is 4.01. The highest BCUT2D eigenvalue weighted by Crippen LogP contribution is 2.28. The van der Waals surface area contributed by atoms with Crippen molar-refractivity contribution in [1.82, 2.24) is 0 Å². The summed E-state index contributed by atoms with van der Waals surface area (Å²) in [5, 5.41) is 11.5. The highest BCUT2D eigenvalue weighted by Gasteiger charge is 2.36. The third-order valence-electron chi connectivity index (χ3n) is 2.28. The highest BCUT2D eigenvalue weighted by atomic mass is 79.9. The molecule has 0 saturated heterocycles. The summed E-state index contributed by atoms with van der Waals surface area (Å²) in [4.78, 5) is 22.7. The van der Waals surface area contributed by atoms with Crippen LogP contribution in [0, 0.1) is 5.41 Å². The van der Waals surface area contributed by atoms with Crippen LogP contribution in [0.2, 0.25) is 0 Å². The van der Waals surface area contributed by atoms with Crippen molar-refractivity contribution in [2.75, 3.05) is 5.32 Å². The van der Waals surface area contributed by atoms with Crippen molar-refractivity contribution in [2.24, 2.45) is 5.41 Å². The van der Waals surface area contributed by atoms with Crippen molar-refractivity contribution < 1.29 is 14.7 Å². The van der Waals surface area contributed by atoms with Crippen LogP contribution in [0.1, 0.15) is 13.8 Å². The van der Waals surface area contributed by atoms with Crippen LogP contribution in [0.15, 0.2) is 27.1 Å². The van der Waals surface area contributed by atoms with Crippen molar-refractivity contribution >= 4 is 49.4 Å². The quantitative estimate of drug-likeness (QED) is 0.809. The lowest BCUT2D eigenvalue weighted by atomic mass is 9.92. The summed E-state index contributed by atoms with van der Waals surface area (Å²) in [6.45, 7) is 2.72. The molecule has 1 aromatic rings. The van der Waals surface area contributed by atoms with E-state index < -0.39 is 17.3 Å². The third kappa shape index (κ3) is 3.29. The van der Waals surface area contributed by atoms with Crippen LogP contribution in [0.25, 0.3) is 0 Å². The maximum Gasteiger partial charge on any atom is 0.318 e. The highest BCUT2D eigenvalue weighted by molar-refractivity contribution is 9.11. The van der Waals surface area contributed by atoms with Gasteiger partial charge < -0.3 is 10.4 Å². The second-order valence-corrected chi connectivity index (χ2v) is 5.78. The Morgan fingerprint density at radius 2 is 1.88 bits per heavy atom. The van der Waals surface area contributed by atoms with E-state index in [9.17, 15) is 9.59 Å². The first-order chi connectivity index (χ1) is 7.75. The normalized spacial score (nSPS) is 11.1. The first-order valence-electron chi connectivity index (χ1n) is 4.75. The minimum Gasteiger partial charge on any atom is -0.480 e. The molecule has 0 bridgehead atoms. The molecule has 1 aromatic carbocycles. The van der Waals surface area contributed by atoms with Crippen molar-refractivity contribution in [2.45, 2.75) is 13.8 Å². The number of anilines is 1. The number of hydrogen-bond donors (Lipinski definition) is 2. The first kappa shape index (κ1) is 14.2. The SMILES string of the molecule is CC(C)(C(=O)O)C(=O)Nc1cc(Br)ccc1Br. The molecule has 1 amide bonds. The van der Waals surface area contributed by atoms with Crippen LogP contribution in [0.3, 0.4) is 0 Å². The summed E-state index contributed by atoms with van der Waals surface area (Å²) >= 11 is 6.56. The number of carbonyl (C=O) groups is 2. The molecule has 0 radical (unpaired) electrons. The van der Waals surface area contributed by atoms with Gasteiger partial charge in [0.15, 0.2) is 0 Å². The van der Waals surface area contributed by atoms with E-state index in [1.165, 1.54) is 13.8 Å². The van der Waals surface area contributed by atoms with Crippen molar-refractivity contribution in [3.8, 4) is 0 Å². The molecule has 2 N–H and O–H groups in total. The van der Waals surface area contributed by atoms with Gasteiger partial charge in [-0.15, -0.1) is 0 Å². The zero-order valence-corrected chi connectivity index (χ0v) is 12.4. The molecule has 17 heavy (non-hydrogen) atoms. The molecule has 0 spiro atoms. The van der Waals surface area contributed by atoms with Crippen molar-refractivity contribution in [3.05, 3.63) is 27.1 Å². The molecule has 0 aromatic heterocycles. The summed E-state index contributed by atoms with van der Waals surface area (Å²) in [7, 11) is 0. The van der Waals surface area contributed by atoms with Gasteiger partial charge in [0.1, 0.15) is 5.41 Å². The zero-order chi connectivity index (χ0) is 13.2. The van der Waals surface area contributed by atoms with Crippen molar-refractivity contribution in [3.63, 3.8) is 0 Å². The number of nitrogens with one attached hydrogen (secondary N) is 1. The van der Waals surface area contributed by atoms with E-state index in [-0.39, 0.29) is 0 Å². The summed E-state index contributed by atoms with van der Waals surface area (Å²) in [6, 6.07) is 5.26. The number of aliphatic carboxylic acids is 1. The van der Waals surface area contributed by atoms with Gasteiger partial charge in [0.05, 0.1) is 5.69 Å². The lowest BCUT2D eigenvalue weighted by molar-refractivity contribution is -0.151. The number of rotatable bonds is 3. The third-order valence-corrected chi connectivity index (χ3v) is 3.46. The largest absolute Gasteiger partial charge is 0.480 e. The predicted octanol–water partition coefficient (Wildman–Crippen LogP) is 3.26. The molecule has 0 aliphatic carbocycles. The lowest BCUT2D eigenvalue weighted by Gasteiger charge is -2.19. The van der Waals surface area contributed by atoms with E-state index in [4.69, 9.17) is 5.11 Å². The molecule has 0 saturated carbocycles. The monoisotopic (exact) mass is 363 g/mol. The van der Waals surface area contributed by atoms with E-state index in [2.05, 4.69) is 37.2 Å². The topological polar surface area (TPSA) is 66.4 Å². The maximum absolute atomic E-state index is 11.8. The average Bonchev–Trinajstić information content (AvgIpc) is 2.23. The van der Waals surface area contributed by atoms with Gasteiger partial charge in [0.2, 0.25) is 5.91 Å². The number of hydrogen-bond acceptors (Lipinski definition) is 2. The van der Waals surface area contributed by atoms with Crippen LogP contribution in [0.4, 0.5) is 5.69 Å². The Bertz CT molecular complexity index is 472. The fraction of sp³-hybridized carbons (Fsp3) is 0.273. The zero-order valence-electron chi connectivity index (χ0n) is 9.25. The van der Waals surface area contributed by atoms with Gasteiger partial charge >= 0.3 is 5.97 Å². The van der Waals surface area contributed by atoms with E-state index in [0.717, 1.165) is 4.47 Å². The number of carboxylic acids is 1. The van der Waals surface area contributed by atoms with Crippen LogP contribution in [-0.4, -0.2) is 17.0 Å². The fourth-order valence-corrected chi connectivity index (χ4v) is 1.68. The Morgan fingerprint density at radius 1 is 1.29 bits per heavy atom. The summed E-state index contributed by atoms with van der Waals surface area (Å²) in [5.74, 6) is -1.73. The molecule has 92 valence electrons. The van der Waals surface area contributed by atoms with Crippen LogP contribution in [-0.2, 0) is 9.59 Å². The Labute approximate surface area is 116 Å². The number of carbonyl (C=O) groups excluding carboxylic acids is 1. The number of benzene rings is 1. The minimum atomic E-state index is -1.47. The maximum atomic E-state index is 11.8. The minimum absolute atomic E-state index is 0.527. The standard InChI is InChI=1S/C11H11Br2NO3/c1-11(2,10(16)17)9(15)14-8-5-6(12)3-4-7(8)13/h3-5H,1-2H3,(H,14,15)(H,16,17). The Morgan fingerprint density at radius 3 is 2.41 bits per heavy atom. The Kier molecular flexibility index (Phi) is 4.32. The van der Waals surface area contributed by atoms with Gasteiger partial charge in [0.25, 0.3) is 0 Å². The van der Waals surface area contributed by atoms with Gasteiger partial charge in [-0.2, -0.15) is 0 Å². The Hall–Kier alpha value is -0.880. The molecule has 0 unspecified atom stereocenters. The molecule has 6 heteroatoms. The van der Waals surface area contributed by atoms with E-state index in [1.54, 1.807) is 12.1 Å². The summed E-state index contributed by atoms with van der Waals surface area (Å²) < 4.78 is 1.49. The summed E-state index contributed by atoms with van der Waals surface area (Å²) in [5.41, 5.74) is -0.944. The van der Waals surface area contributed by atoms with Crippen LogP contribution < -0.4 is 5.32 Å². The van der Waals surface area contributed by atoms with Gasteiger partial charge in [-0.25, -0.2) is 0 Å². The van der Waals surface area contributed by atoms with Gasteiger partial charge in [-0.3, -0.25) is 9.59 Å². The molecule has 0 aliphatic heterocycles. The number of carboxylic acid groups (broad SMARTS) is 1. The van der Waals surface area contributed by atoms with Gasteiger partial charge in [0, 0.05) is 8.95 Å². The molecule has 1 rings (SSSR count). The molecule has 0 aliphatic rings. The van der Waals surface area contributed by atoms with Crippen LogP contribution in [0.5, 0.6) is 0 Å². The molecule has 0 atom stereocenters. The molecule has 4 nitrogen and oxygen atoms in total. The number of halogens is 2. The first-order valence-corrected chi connectivity index (χ1v) is 6.33. The van der Waals surface area contributed by atoms with Crippen molar-refractivity contribution in [1.29, 1.82) is 0 Å². The molecule has 0 heterocycles. The smallest absolute Gasteiger partial charge is 0.318 e. The number of amides is 1. The van der Waals surface area contributed by atoms with Gasteiger partial charge in [-0.05, 0) is 48.0 Å². The second kappa shape index (κ2) is 5.18. The molecular weight excluding hydrogens is 354 g/mol. The van der Waals surface area contributed by atoms with E-state index in [1.807, 2.05) is 6.07 Å². The summed E-state index contributed by atoms with van der Waals surface area (Å²) in [6.07, 6.45) is 0. The lowest BCUT2D eigenvalue weighted by Crippen LogP contribution is -2.37. The molecule has 0 fully saturated rings. The van der Waals surface area contributed by atoms with Crippen LogP contribution >= 0.6 is 31.9 Å². The average molecular weight is 365 g/mol. The van der Waals surface area contributed by atoms with E-state index >= 15 is 0 Å². The molecular formula is C11H11Br2NO3. The predicted molar refractivity (Wildman–Crippen MR) is 71.9 cm³/mol. The fourth-order valence-electron chi connectivity index (χ4n) is 0.969. The van der Waals surface area contributed by atoms with E-state index in [0.29, 0.717) is 10.2 Å².